The first-order chi connectivity index (χ1) is 18.7. The summed E-state index contributed by atoms with van der Waals surface area (Å²) in [4.78, 5) is 40.4. The van der Waals surface area contributed by atoms with Crippen molar-refractivity contribution in [2.45, 2.75) is 30.2 Å². The summed E-state index contributed by atoms with van der Waals surface area (Å²) in [6.45, 7) is 0.594. The number of benzene rings is 2. The van der Waals surface area contributed by atoms with Crippen LogP contribution in [0.5, 0.6) is 0 Å². The number of carbonyl (C=O) groups is 2. The number of halogens is 2. The highest BCUT2D eigenvalue weighted by atomic mass is 32.2. The molecule has 1 fully saturated rings. The number of rotatable bonds is 10. The number of anilines is 2. The fourth-order valence-corrected chi connectivity index (χ4v) is 4.82. The van der Waals surface area contributed by atoms with Gasteiger partial charge in [-0.15, -0.1) is 0 Å². The minimum Gasteiger partial charge on any atom is -0.367 e. The Morgan fingerprint density at radius 3 is 2.51 bits per heavy atom. The van der Waals surface area contributed by atoms with Gasteiger partial charge in [-0.3, -0.25) is 9.59 Å². The molecule has 1 aliphatic heterocycles. The van der Waals surface area contributed by atoms with Gasteiger partial charge < -0.3 is 20.4 Å². The molecular formula is C25H26F2N6O5S. The lowest BCUT2D eigenvalue weighted by molar-refractivity contribution is -0.146. The summed E-state index contributed by atoms with van der Waals surface area (Å²) in [7, 11) is -4.07. The summed E-state index contributed by atoms with van der Waals surface area (Å²) in [5.41, 5.74) is -0.502. The molecule has 0 bridgehead atoms. The zero-order valence-corrected chi connectivity index (χ0v) is 21.5. The van der Waals surface area contributed by atoms with Crippen molar-refractivity contribution in [3.05, 3.63) is 78.1 Å². The zero-order chi connectivity index (χ0) is 27.8. The Hall–Kier alpha value is -4.17. The van der Waals surface area contributed by atoms with E-state index in [1.54, 1.807) is 34.3 Å². The second kappa shape index (κ2) is 12.6. The maximum absolute atomic E-state index is 15.0. The van der Waals surface area contributed by atoms with Gasteiger partial charge in [0.15, 0.2) is 11.6 Å². The Balaban J connectivity index is 1.29. The molecule has 0 spiro atoms. The smallest absolute Gasteiger partial charge is 0.327 e. The Morgan fingerprint density at radius 2 is 1.77 bits per heavy atom. The fraction of sp³-hybridized carbons (Fsp3) is 0.280. The average Bonchev–Trinajstić information content (AvgIpc) is 2.94. The minimum absolute atomic E-state index is 0.0267. The van der Waals surface area contributed by atoms with Gasteiger partial charge in [0.1, 0.15) is 0 Å². The zero-order valence-electron chi connectivity index (χ0n) is 20.6. The van der Waals surface area contributed by atoms with E-state index in [9.17, 15) is 26.8 Å². The van der Waals surface area contributed by atoms with Crippen molar-refractivity contribution < 1.29 is 31.6 Å². The SMILES string of the molecule is O=C(CCNC(=O)c1ccc(N2CCC[C@H](Nc3ncccn3)C2)c(F)c1F)ONS(=O)(=O)c1ccccc1. The lowest BCUT2D eigenvalue weighted by Gasteiger charge is -2.35. The monoisotopic (exact) mass is 560 g/mol. The number of amides is 1. The first kappa shape index (κ1) is 27.9. The van der Waals surface area contributed by atoms with Gasteiger partial charge in [0.25, 0.3) is 15.9 Å². The molecule has 206 valence electrons. The first-order valence-corrected chi connectivity index (χ1v) is 13.5. The summed E-state index contributed by atoms with van der Waals surface area (Å²) in [6.07, 6.45) is 4.31. The standard InChI is InChI=1S/C25H26F2N6O5S/c26-22-19(24(35)28-14-11-21(34)38-32-39(36,37)18-7-2-1-3-8-18)9-10-20(23(22)27)33-15-4-6-17(16-33)31-25-29-12-5-13-30-25/h1-3,5,7-10,12-13,17,32H,4,6,11,14-16H2,(H,28,35)(H,29,30,31)/t17-/m0/s1. The number of sulfonamides is 1. The summed E-state index contributed by atoms with van der Waals surface area (Å²) in [6, 6.07) is 11.4. The fourth-order valence-electron chi connectivity index (χ4n) is 4.00. The summed E-state index contributed by atoms with van der Waals surface area (Å²) < 4.78 is 54.0. The average molecular weight is 561 g/mol. The van der Waals surface area contributed by atoms with Crippen molar-refractivity contribution in [3.63, 3.8) is 0 Å². The van der Waals surface area contributed by atoms with Crippen LogP contribution in [0.4, 0.5) is 20.4 Å². The molecule has 0 aliphatic carbocycles. The van der Waals surface area contributed by atoms with E-state index >= 15 is 0 Å². The Labute approximate surface area is 223 Å². The van der Waals surface area contributed by atoms with Gasteiger partial charge in [0, 0.05) is 38.1 Å². The van der Waals surface area contributed by atoms with Gasteiger partial charge in [-0.25, -0.2) is 27.2 Å². The molecule has 4 rings (SSSR count). The molecule has 3 N–H and O–H groups in total. The highest BCUT2D eigenvalue weighted by Crippen LogP contribution is 2.27. The van der Waals surface area contributed by atoms with E-state index in [0.29, 0.717) is 19.0 Å². The molecule has 1 amide bonds. The maximum Gasteiger partial charge on any atom is 0.327 e. The van der Waals surface area contributed by atoms with Gasteiger partial charge in [-0.2, -0.15) is 0 Å². The number of hydrogen-bond acceptors (Lipinski definition) is 9. The second-order valence-electron chi connectivity index (χ2n) is 8.64. The normalized spacial score (nSPS) is 15.4. The number of hydrogen-bond donors (Lipinski definition) is 3. The number of carbonyl (C=O) groups excluding carboxylic acids is 2. The molecular weight excluding hydrogens is 534 g/mol. The van der Waals surface area contributed by atoms with Crippen molar-refractivity contribution >= 4 is 33.5 Å². The van der Waals surface area contributed by atoms with Crippen LogP contribution >= 0.6 is 0 Å². The van der Waals surface area contributed by atoms with Crippen molar-refractivity contribution in [1.82, 2.24) is 20.2 Å². The van der Waals surface area contributed by atoms with Crippen LogP contribution in [0.1, 0.15) is 29.6 Å². The predicted octanol–water partition coefficient (Wildman–Crippen LogP) is 2.39. The third kappa shape index (κ3) is 7.23. The minimum atomic E-state index is -4.07. The quantitative estimate of drug-likeness (QED) is 0.319. The van der Waals surface area contributed by atoms with Crippen LogP contribution in [0.25, 0.3) is 0 Å². The highest BCUT2D eigenvalue weighted by molar-refractivity contribution is 7.89. The van der Waals surface area contributed by atoms with Crippen LogP contribution in [0, 0.1) is 11.6 Å². The van der Waals surface area contributed by atoms with Crippen LogP contribution in [0.2, 0.25) is 0 Å². The Bertz CT molecular complexity index is 1410. The number of nitrogens with one attached hydrogen (secondary N) is 3. The lowest BCUT2D eigenvalue weighted by atomic mass is 10.0. The maximum atomic E-state index is 15.0. The summed E-state index contributed by atoms with van der Waals surface area (Å²) in [5.74, 6) is -3.94. The predicted molar refractivity (Wildman–Crippen MR) is 137 cm³/mol. The van der Waals surface area contributed by atoms with Crippen LogP contribution in [0.3, 0.4) is 0 Å². The molecule has 3 aromatic rings. The largest absolute Gasteiger partial charge is 0.367 e. The van der Waals surface area contributed by atoms with Gasteiger partial charge >= 0.3 is 5.97 Å². The van der Waals surface area contributed by atoms with Gasteiger partial charge in [-0.05, 0) is 48.1 Å². The van der Waals surface area contributed by atoms with Crippen molar-refractivity contribution in [2.24, 2.45) is 0 Å². The Kier molecular flexibility index (Phi) is 8.99. The lowest BCUT2D eigenvalue weighted by Crippen LogP contribution is -2.43. The van der Waals surface area contributed by atoms with E-state index in [-0.39, 0.29) is 23.2 Å². The van der Waals surface area contributed by atoms with Crippen LogP contribution in [-0.4, -0.2) is 55.9 Å². The topological polar surface area (TPSA) is 143 Å². The Morgan fingerprint density at radius 1 is 1.03 bits per heavy atom. The van der Waals surface area contributed by atoms with Crippen LogP contribution in [-0.2, 0) is 19.7 Å². The van der Waals surface area contributed by atoms with E-state index in [0.717, 1.165) is 12.8 Å². The molecule has 1 aliphatic rings. The molecule has 14 heteroatoms. The van der Waals surface area contributed by atoms with E-state index in [4.69, 9.17) is 0 Å². The molecule has 0 radical (unpaired) electrons. The van der Waals surface area contributed by atoms with Crippen molar-refractivity contribution in [1.29, 1.82) is 0 Å². The van der Waals surface area contributed by atoms with E-state index < -0.39 is 45.5 Å². The van der Waals surface area contributed by atoms with Crippen LogP contribution < -0.4 is 20.4 Å². The highest BCUT2D eigenvalue weighted by Gasteiger charge is 2.26. The molecule has 1 atom stereocenters. The molecule has 0 saturated carbocycles. The number of piperidine rings is 1. The third-order valence-electron chi connectivity index (χ3n) is 5.90. The molecule has 2 aromatic carbocycles. The molecule has 2 heterocycles. The first-order valence-electron chi connectivity index (χ1n) is 12.1. The van der Waals surface area contributed by atoms with Gasteiger partial charge in [-0.1, -0.05) is 18.2 Å². The van der Waals surface area contributed by atoms with Crippen LogP contribution in [0.15, 0.2) is 65.8 Å². The summed E-state index contributed by atoms with van der Waals surface area (Å²) in [5, 5.41) is 5.48. The number of aromatic nitrogens is 2. The molecule has 1 saturated heterocycles. The third-order valence-corrected chi connectivity index (χ3v) is 7.10. The van der Waals surface area contributed by atoms with Gasteiger partial charge in [0.05, 0.1) is 22.6 Å². The molecule has 1 aromatic heterocycles. The molecule has 11 nitrogen and oxygen atoms in total. The second-order valence-corrected chi connectivity index (χ2v) is 10.3. The molecule has 0 unspecified atom stereocenters. The van der Waals surface area contributed by atoms with Crippen molar-refractivity contribution in [3.8, 4) is 0 Å². The molecule has 39 heavy (non-hydrogen) atoms. The van der Waals surface area contributed by atoms with E-state index in [2.05, 4.69) is 25.4 Å². The summed E-state index contributed by atoms with van der Waals surface area (Å²) >= 11 is 0. The van der Waals surface area contributed by atoms with E-state index in [1.807, 2.05) is 0 Å². The van der Waals surface area contributed by atoms with Crippen molar-refractivity contribution in [2.75, 3.05) is 29.9 Å². The van der Waals surface area contributed by atoms with Gasteiger partial charge in [0.2, 0.25) is 5.95 Å². The van der Waals surface area contributed by atoms with E-state index in [1.165, 1.54) is 36.4 Å². The number of nitrogens with zero attached hydrogens (tertiary/aromatic N) is 3.